The molecule has 2 heterocycles. The van der Waals surface area contributed by atoms with Crippen molar-refractivity contribution in [3.8, 4) is 11.5 Å². The van der Waals surface area contributed by atoms with Gasteiger partial charge in [-0.05, 0) is 54.7 Å². The molecule has 0 saturated heterocycles. The first-order valence-corrected chi connectivity index (χ1v) is 18.7. The predicted octanol–water partition coefficient (Wildman–Crippen LogP) is 11.2. The number of ether oxygens (including phenoxy) is 2. The maximum absolute atomic E-state index is 14.6. The highest BCUT2D eigenvalue weighted by molar-refractivity contribution is 6.06. The van der Waals surface area contributed by atoms with Gasteiger partial charge in [-0.2, -0.15) is 79.7 Å². The molecule has 1 atom stereocenters. The Hall–Kier alpha value is -5.33. The lowest BCUT2D eigenvalue weighted by Gasteiger charge is -2.42. The number of rotatable bonds is 20. The molecule has 1 N–H and O–H groups in total. The van der Waals surface area contributed by atoms with E-state index in [0.29, 0.717) is 22.2 Å². The van der Waals surface area contributed by atoms with Gasteiger partial charge in [0.05, 0.1) is 6.61 Å². The van der Waals surface area contributed by atoms with Crippen LogP contribution in [0.3, 0.4) is 0 Å². The molecule has 0 fully saturated rings. The second-order valence-electron chi connectivity index (χ2n) is 14.7. The van der Waals surface area contributed by atoms with Crippen molar-refractivity contribution in [3.05, 3.63) is 95.2 Å². The number of para-hydroxylation sites is 1. The minimum Gasteiger partial charge on any atom is -0.486 e. The van der Waals surface area contributed by atoms with Crippen LogP contribution in [0.25, 0.3) is 10.9 Å². The number of hydrogen-bond donors (Lipinski definition) is 1. The maximum Gasteiger partial charge on any atom is 0.460 e. The molecular formula is C40H33F17N2O6. The first kappa shape index (κ1) is 50.7. The van der Waals surface area contributed by atoms with E-state index < -0.39 is 84.7 Å². The number of hydrogen-bond acceptors (Lipinski definition) is 6. The summed E-state index contributed by atoms with van der Waals surface area (Å²) < 4.78 is 246. The number of carboxylic acids is 1. The van der Waals surface area contributed by atoms with Crippen LogP contribution >= 0.6 is 0 Å². The normalized spacial score (nSPS) is 15.1. The molecule has 1 aromatic heterocycles. The van der Waals surface area contributed by atoms with Crippen molar-refractivity contribution in [2.75, 3.05) is 19.8 Å². The largest absolute Gasteiger partial charge is 0.486 e. The fourth-order valence-corrected chi connectivity index (χ4v) is 6.65. The van der Waals surface area contributed by atoms with Gasteiger partial charge in [0.15, 0.2) is 23.3 Å². The number of alkyl halides is 17. The molecule has 4 aromatic rings. The molecule has 25 heteroatoms. The molecule has 0 radical (unpaired) electrons. The lowest BCUT2D eigenvalue weighted by atomic mass is 9.87. The maximum atomic E-state index is 14.6. The van der Waals surface area contributed by atoms with E-state index in [1.807, 2.05) is 0 Å². The molecule has 1 aliphatic heterocycles. The lowest BCUT2D eigenvalue weighted by molar-refractivity contribution is -0.461. The number of carbonyl (C=O) groups excluding carboxylic acids is 1. The molecule has 0 aliphatic carbocycles. The minimum atomic E-state index is -8.71. The van der Waals surface area contributed by atoms with Crippen molar-refractivity contribution in [1.29, 1.82) is 0 Å². The molecule has 65 heavy (non-hydrogen) atoms. The zero-order chi connectivity index (χ0) is 48.8. The number of benzene rings is 3. The Morgan fingerprint density at radius 1 is 0.708 bits per heavy atom. The molecular weight excluding hydrogens is 927 g/mol. The van der Waals surface area contributed by atoms with E-state index in [-0.39, 0.29) is 55.4 Å². The Kier molecular flexibility index (Phi) is 13.9. The number of hydroxylamine groups is 2. The quantitative estimate of drug-likeness (QED) is 0.0536. The minimum absolute atomic E-state index is 0.106. The van der Waals surface area contributed by atoms with Crippen LogP contribution in [0.5, 0.6) is 11.5 Å². The van der Waals surface area contributed by atoms with Crippen molar-refractivity contribution < 1.29 is 104 Å². The Labute approximate surface area is 355 Å². The average Bonchev–Trinajstić information content (AvgIpc) is 3.60. The molecule has 1 aliphatic rings. The molecule has 0 spiro atoms. The highest BCUT2D eigenvalue weighted by Gasteiger charge is 2.95. The summed E-state index contributed by atoms with van der Waals surface area (Å²) in [6, 6.07) is 13.6. The molecule has 358 valence electrons. The van der Waals surface area contributed by atoms with Crippen molar-refractivity contribution in [1.82, 2.24) is 9.63 Å². The van der Waals surface area contributed by atoms with Crippen LogP contribution in [0.15, 0.2) is 72.9 Å². The van der Waals surface area contributed by atoms with E-state index in [1.54, 1.807) is 35.0 Å². The molecule has 8 nitrogen and oxygen atoms in total. The highest BCUT2D eigenvalue weighted by atomic mass is 19.4. The van der Waals surface area contributed by atoms with Crippen molar-refractivity contribution in [2.24, 2.45) is 0 Å². The van der Waals surface area contributed by atoms with Gasteiger partial charge < -0.3 is 19.1 Å². The van der Waals surface area contributed by atoms with Gasteiger partial charge in [-0.15, -0.1) is 0 Å². The van der Waals surface area contributed by atoms with E-state index in [4.69, 9.17) is 14.3 Å². The summed E-state index contributed by atoms with van der Waals surface area (Å²) >= 11 is 0. The van der Waals surface area contributed by atoms with E-state index >= 15 is 0 Å². The number of fused-ring (bicyclic) bond motifs is 2. The Bertz CT molecular complexity index is 2350. The topological polar surface area (TPSA) is 90.2 Å². The number of halogens is 17. The van der Waals surface area contributed by atoms with Crippen molar-refractivity contribution in [3.63, 3.8) is 0 Å². The Morgan fingerprint density at radius 2 is 1.25 bits per heavy atom. The fourth-order valence-electron chi connectivity index (χ4n) is 6.65. The SMILES string of the molecule is CC(=O)c1cn(CCCN(OCc2ccc(CCC(F)(F)C(F)(F)C(F)(F)C(F)(F)C(F)(F)C(F)(F)C(F)(F)C(F)(F)F)cc2)C(C(=O)O)c2ccc3c(c2)OCCO3)c2ccccc12. The lowest BCUT2D eigenvalue weighted by Crippen LogP contribution is -2.74. The van der Waals surface area contributed by atoms with E-state index in [9.17, 15) is 89.3 Å². The van der Waals surface area contributed by atoms with Gasteiger partial charge in [0.25, 0.3) is 0 Å². The first-order chi connectivity index (χ1) is 29.8. The number of ketones is 1. The molecule has 0 saturated carbocycles. The van der Waals surface area contributed by atoms with Gasteiger partial charge in [0.2, 0.25) is 0 Å². The van der Waals surface area contributed by atoms with Gasteiger partial charge in [-0.25, -0.2) is 0 Å². The molecule has 3 aromatic carbocycles. The fraction of sp³-hybridized carbons (Fsp3) is 0.450. The zero-order valence-corrected chi connectivity index (χ0v) is 33.0. The summed E-state index contributed by atoms with van der Waals surface area (Å²) in [5.41, 5.74) is 0.911. The summed E-state index contributed by atoms with van der Waals surface area (Å²) in [5, 5.41) is 12.1. The molecule has 5 rings (SSSR count). The monoisotopic (exact) mass is 960 g/mol. The third-order valence-electron chi connectivity index (χ3n) is 10.3. The van der Waals surface area contributed by atoms with Crippen LogP contribution in [0.1, 0.15) is 52.9 Å². The number of nitrogens with zero attached hydrogens (tertiary/aromatic N) is 2. The highest BCUT2D eigenvalue weighted by Crippen LogP contribution is 2.64. The van der Waals surface area contributed by atoms with Crippen molar-refractivity contribution >= 4 is 22.7 Å². The van der Waals surface area contributed by atoms with Gasteiger partial charge in [-0.1, -0.05) is 48.5 Å². The van der Waals surface area contributed by atoms with Crippen LogP contribution in [-0.4, -0.2) is 93.9 Å². The van der Waals surface area contributed by atoms with Gasteiger partial charge in [0, 0.05) is 42.2 Å². The number of aromatic nitrogens is 1. The van der Waals surface area contributed by atoms with Crippen LogP contribution in [0.4, 0.5) is 74.6 Å². The number of aliphatic carboxylic acids is 1. The van der Waals surface area contributed by atoms with E-state index in [2.05, 4.69) is 0 Å². The van der Waals surface area contributed by atoms with E-state index in [0.717, 1.165) is 29.3 Å². The van der Waals surface area contributed by atoms with Gasteiger partial charge in [0.1, 0.15) is 13.2 Å². The van der Waals surface area contributed by atoms with Crippen LogP contribution < -0.4 is 9.47 Å². The summed E-state index contributed by atoms with van der Waals surface area (Å²) in [6.07, 6.45) is -10.1. The Morgan fingerprint density at radius 3 is 1.82 bits per heavy atom. The summed E-state index contributed by atoms with van der Waals surface area (Å²) in [4.78, 5) is 31.0. The van der Waals surface area contributed by atoms with Gasteiger partial charge in [-0.3, -0.25) is 14.4 Å². The average molecular weight is 961 g/mol. The van der Waals surface area contributed by atoms with Crippen LogP contribution in [0, 0.1) is 0 Å². The predicted molar refractivity (Wildman–Crippen MR) is 191 cm³/mol. The first-order valence-electron chi connectivity index (χ1n) is 18.7. The molecule has 1 unspecified atom stereocenters. The van der Waals surface area contributed by atoms with Crippen LogP contribution in [0.2, 0.25) is 0 Å². The second kappa shape index (κ2) is 17.8. The summed E-state index contributed by atoms with van der Waals surface area (Å²) in [7, 11) is 0. The smallest absolute Gasteiger partial charge is 0.460 e. The third-order valence-corrected chi connectivity index (χ3v) is 10.3. The number of carboxylic acid groups (broad SMARTS) is 1. The third kappa shape index (κ3) is 9.13. The summed E-state index contributed by atoms with van der Waals surface area (Å²) in [5.74, 6) is -58.0. The standard InChI is InChI=1S/C40H33F17N2O6/c1-22(60)27-20-58(28-6-3-2-5-26(27)28)15-4-16-59(31(32(61)62)25-11-12-29-30(19-25)64-18-17-63-29)65-21-24-9-7-23(8-10-24)13-14-33(41,42)34(43,44)35(45,46)36(47,48)37(49,50)38(51,52)39(53,54)40(55,56)57/h2-3,5-12,19-20,31H,4,13-18,21H2,1H3,(H,61,62). The molecule has 0 bridgehead atoms. The molecule has 0 amide bonds. The summed E-state index contributed by atoms with van der Waals surface area (Å²) in [6.45, 7) is 1.36. The second-order valence-corrected chi connectivity index (χ2v) is 14.7. The number of Topliss-reactive ketones (excluding diaryl/α,β-unsaturated/α-hetero) is 1. The van der Waals surface area contributed by atoms with E-state index in [1.165, 1.54) is 25.1 Å². The Balaban J connectivity index is 1.32. The number of carbonyl (C=O) groups is 2. The zero-order valence-electron chi connectivity index (χ0n) is 33.0. The number of aryl methyl sites for hydroxylation is 2. The van der Waals surface area contributed by atoms with Crippen LogP contribution in [-0.2, 0) is 29.2 Å². The van der Waals surface area contributed by atoms with Crippen molar-refractivity contribution in [2.45, 2.75) is 93.0 Å². The van der Waals surface area contributed by atoms with Gasteiger partial charge >= 0.3 is 53.6 Å².